The van der Waals surface area contributed by atoms with Gasteiger partial charge in [0.1, 0.15) is 10.7 Å². The molecule has 25 heavy (non-hydrogen) atoms. The van der Waals surface area contributed by atoms with E-state index in [0.29, 0.717) is 16.5 Å². The molecule has 0 spiro atoms. The summed E-state index contributed by atoms with van der Waals surface area (Å²) >= 11 is 1.47. The zero-order chi connectivity index (χ0) is 17.1. The van der Waals surface area contributed by atoms with Gasteiger partial charge in [0.25, 0.3) is 0 Å². The molecular formula is C17H11N7S. The highest BCUT2D eigenvalue weighted by Crippen LogP contribution is 2.35. The molecule has 1 N–H and O–H groups in total. The molecule has 3 heterocycles. The van der Waals surface area contributed by atoms with Crippen molar-refractivity contribution in [1.82, 2.24) is 24.5 Å². The summed E-state index contributed by atoms with van der Waals surface area (Å²) in [6.07, 6.45) is 10.2. The maximum Gasteiger partial charge on any atom is 0.190 e. The Morgan fingerprint density at radius 1 is 1.16 bits per heavy atom. The number of aromatic nitrogens is 5. The predicted octanol–water partition coefficient (Wildman–Crippen LogP) is 3.40. The highest BCUT2D eigenvalue weighted by molar-refractivity contribution is 7.18. The van der Waals surface area contributed by atoms with Gasteiger partial charge < -0.3 is 5.32 Å². The average Bonchev–Trinajstić information content (AvgIpc) is 3.32. The van der Waals surface area contributed by atoms with Gasteiger partial charge in [0, 0.05) is 30.4 Å². The van der Waals surface area contributed by atoms with Crippen LogP contribution in [0.5, 0.6) is 0 Å². The Labute approximate surface area is 147 Å². The number of benzene rings is 1. The molecule has 120 valence electrons. The number of anilines is 2. The largest absolute Gasteiger partial charge is 0.315 e. The zero-order valence-electron chi connectivity index (χ0n) is 12.9. The van der Waals surface area contributed by atoms with Crippen LogP contribution in [0.2, 0.25) is 0 Å². The molecule has 7 nitrogen and oxygen atoms in total. The Morgan fingerprint density at radius 2 is 2.12 bits per heavy atom. The first kappa shape index (κ1) is 15.0. The van der Waals surface area contributed by atoms with Crippen molar-refractivity contribution in [2.75, 3.05) is 5.32 Å². The number of nitriles is 1. The van der Waals surface area contributed by atoms with Gasteiger partial charge in [0.2, 0.25) is 0 Å². The Morgan fingerprint density at radius 3 is 2.88 bits per heavy atom. The van der Waals surface area contributed by atoms with E-state index in [4.69, 9.17) is 5.26 Å². The Kier molecular flexibility index (Phi) is 3.90. The van der Waals surface area contributed by atoms with E-state index in [1.165, 1.54) is 11.3 Å². The number of imidazole rings is 1. The van der Waals surface area contributed by atoms with Crippen LogP contribution in [0.4, 0.5) is 10.9 Å². The zero-order valence-corrected chi connectivity index (χ0v) is 13.7. The molecule has 8 heteroatoms. The summed E-state index contributed by atoms with van der Waals surface area (Å²) in [5.74, 6) is 0.616. The number of nitrogens with one attached hydrogen (secondary N) is 1. The smallest absolute Gasteiger partial charge is 0.190 e. The van der Waals surface area contributed by atoms with Gasteiger partial charge in [0.15, 0.2) is 10.9 Å². The molecule has 1 aromatic carbocycles. The lowest BCUT2D eigenvalue weighted by molar-refractivity contribution is 1.08. The number of nitrogens with zero attached hydrogens (tertiary/aromatic N) is 6. The van der Waals surface area contributed by atoms with Crippen LogP contribution >= 0.6 is 11.3 Å². The fourth-order valence-electron chi connectivity index (χ4n) is 2.32. The van der Waals surface area contributed by atoms with Gasteiger partial charge in [-0.1, -0.05) is 23.5 Å². The lowest BCUT2D eigenvalue weighted by Crippen LogP contribution is -1.93. The average molecular weight is 345 g/mol. The molecule has 0 aliphatic rings. The normalized spacial score (nSPS) is 10.4. The van der Waals surface area contributed by atoms with E-state index >= 15 is 0 Å². The van der Waals surface area contributed by atoms with E-state index in [-0.39, 0.29) is 0 Å². The third-order valence-electron chi connectivity index (χ3n) is 3.41. The van der Waals surface area contributed by atoms with E-state index in [0.717, 1.165) is 16.3 Å². The van der Waals surface area contributed by atoms with Crippen LogP contribution in [0.3, 0.4) is 0 Å². The second-order valence-electron chi connectivity index (χ2n) is 5.05. The van der Waals surface area contributed by atoms with Crippen molar-refractivity contribution in [3.63, 3.8) is 0 Å². The minimum absolute atomic E-state index is 0.588. The fourth-order valence-corrected chi connectivity index (χ4v) is 3.27. The molecule has 0 amide bonds. The monoisotopic (exact) mass is 345 g/mol. The van der Waals surface area contributed by atoms with E-state index in [9.17, 15) is 0 Å². The molecule has 0 aliphatic heterocycles. The molecule has 3 aromatic heterocycles. The molecule has 4 aromatic rings. The van der Waals surface area contributed by atoms with Crippen molar-refractivity contribution in [1.29, 1.82) is 5.26 Å². The van der Waals surface area contributed by atoms with Crippen molar-refractivity contribution in [2.24, 2.45) is 0 Å². The van der Waals surface area contributed by atoms with Crippen LogP contribution in [0.25, 0.3) is 16.3 Å². The first-order valence-corrected chi connectivity index (χ1v) is 8.18. The molecule has 4 rings (SSSR count). The van der Waals surface area contributed by atoms with Gasteiger partial charge in [-0.05, 0) is 12.1 Å². The number of rotatable bonds is 4. The third kappa shape index (κ3) is 3.08. The lowest BCUT2D eigenvalue weighted by atomic mass is 10.1. The molecular weight excluding hydrogens is 334 g/mol. The van der Waals surface area contributed by atoms with Crippen LogP contribution in [-0.4, -0.2) is 24.5 Å². The highest BCUT2D eigenvalue weighted by Gasteiger charge is 2.15. The molecule has 0 saturated heterocycles. The van der Waals surface area contributed by atoms with Crippen molar-refractivity contribution in [3.05, 3.63) is 67.1 Å². The SMILES string of the molecule is N#Cc1cccc(-c2nc(Nc3cnccn3)sc2-n2ccnc2)c1. The molecule has 0 bridgehead atoms. The summed E-state index contributed by atoms with van der Waals surface area (Å²) in [7, 11) is 0. The molecule has 0 aliphatic carbocycles. The minimum Gasteiger partial charge on any atom is -0.315 e. The summed E-state index contributed by atoms with van der Waals surface area (Å²) in [6.45, 7) is 0. The van der Waals surface area contributed by atoms with Gasteiger partial charge in [0.05, 0.1) is 24.2 Å². The summed E-state index contributed by atoms with van der Waals surface area (Å²) in [4.78, 5) is 17.0. The van der Waals surface area contributed by atoms with E-state index in [2.05, 4.69) is 31.3 Å². The quantitative estimate of drug-likeness (QED) is 0.609. The first-order valence-electron chi connectivity index (χ1n) is 7.36. The van der Waals surface area contributed by atoms with Gasteiger partial charge in [-0.2, -0.15) is 5.26 Å². The fraction of sp³-hybridized carbons (Fsp3) is 0. The summed E-state index contributed by atoms with van der Waals surface area (Å²) in [5.41, 5.74) is 2.23. The van der Waals surface area contributed by atoms with E-state index in [1.54, 1.807) is 37.2 Å². The topological polar surface area (TPSA) is 92.3 Å². The summed E-state index contributed by atoms with van der Waals surface area (Å²) < 4.78 is 1.90. The third-order valence-corrected chi connectivity index (χ3v) is 4.40. The number of thiazole rings is 1. The van der Waals surface area contributed by atoms with Crippen molar-refractivity contribution in [2.45, 2.75) is 0 Å². The van der Waals surface area contributed by atoms with Crippen LogP contribution in [-0.2, 0) is 0 Å². The van der Waals surface area contributed by atoms with Crippen molar-refractivity contribution < 1.29 is 0 Å². The van der Waals surface area contributed by atoms with E-state index in [1.807, 2.05) is 29.0 Å². The van der Waals surface area contributed by atoms with E-state index < -0.39 is 0 Å². The Hall–Kier alpha value is -3.57. The molecule has 0 radical (unpaired) electrons. The van der Waals surface area contributed by atoms with Crippen molar-refractivity contribution in [3.8, 4) is 22.3 Å². The van der Waals surface area contributed by atoms with Crippen LogP contribution in [0, 0.1) is 11.3 Å². The summed E-state index contributed by atoms with van der Waals surface area (Å²) in [6, 6.07) is 9.53. The second-order valence-corrected chi connectivity index (χ2v) is 6.03. The van der Waals surface area contributed by atoms with Crippen LogP contribution < -0.4 is 5.32 Å². The maximum atomic E-state index is 9.15. The van der Waals surface area contributed by atoms with Gasteiger partial charge >= 0.3 is 0 Å². The number of hydrogen-bond donors (Lipinski definition) is 1. The predicted molar refractivity (Wildman–Crippen MR) is 94.7 cm³/mol. The summed E-state index contributed by atoms with van der Waals surface area (Å²) in [5, 5.41) is 13.9. The van der Waals surface area contributed by atoms with Gasteiger partial charge in [-0.25, -0.2) is 15.0 Å². The van der Waals surface area contributed by atoms with Gasteiger partial charge in [-0.15, -0.1) is 0 Å². The van der Waals surface area contributed by atoms with Crippen molar-refractivity contribution >= 4 is 22.3 Å². The lowest BCUT2D eigenvalue weighted by Gasteiger charge is -2.03. The standard InChI is InChI=1S/C17H11N7S/c18-9-12-2-1-3-13(8-12)15-16(24-7-6-20-11-24)25-17(23-15)22-14-10-19-4-5-21-14/h1-8,10-11H,(H,21,22,23). The Balaban J connectivity index is 1.80. The first-order chi connectivity index (χ1) is 12.3. The second kappa shape index (κ2) is 6.51. The Bertz CT molecular complexity index is 1030. The molecule has 0 atom stereocenters. The number of hydrogen-bond acceptors (Lipinski definition) is 7. The van der Waals surface area contributed by atoms with Crippen LogP contribution in [0.1, 0.15) is 5.56 Å². The highest BCUT2D eigenvalue weighted by atomic mass is 32.1. The van der Waals surface area contributed by atoms with Gasteiger partial charge in [-0.3, -0.25) is 9.55 Å². The van der Waals surface area contributed by atoms with Crippen LogP contribution in [0.15, 0.2) is 61.6 Å². The minimum atomic E-state index is 0.588. The molecule has 0 saturated carbocycles. The molecule has 0 unspecified atom stereocenters. The molecule has 0 fully saturated rings. The maximum absolute atomic E-state index is 9.15.